The zero-order valence-electron chi connectivity index (χ0n) is 11.4. The minimum absolute atomic E-state index is 0.792. The standard InChI is InChI=1S/C15H23N3/c1-3-5-6-7-10-18-14-9-8-12(16)11-13(14)17-15(18)4-2/h8-9,11H,3-7,10,16H2,1-2H3. The molecule has 0 aliphatic carbocycles. The van der Waals surface area contributed by atoms with E-state index in [2.05, 4.69) is 29.5 Å². The van der Waals surface area contributed by atoms with Gasteiger partial charge < -0.3 is 10.3 Å². The van der Waals surface area contributed by atoms with Crippen molar-refractivity contribution in [3.05, 3.63) is 24.0 Å². The highest BCUT2D eigenvalue weighted by Gasteiger charge is 2.08. The van der Waals surface area contributed by atoms with Crippen LogP contribution in [0, 0.1) is 0 Å². The maximum Gasteiger partial charge on any atom is 0.109 e. The van der Waals surface area contributed by atoms with Crippen molar-refractivity contribution in [3.63, 3.8) is 0 Å². The maximum atomic E-state index is 5.82. The van der Waals surface area contributed by atoms with Gasteiger partial charge in [-0.2, -0.15) is 0 Å². The molecule has 18 heavy (non-hydrogen) atoms. The van der Waals surface area contributed by atoms with Crippen LogP contribution in [0.5, 0.6) is 0 Å². The summed E-state index contributed by atoms with van der Waals surface area (Å²) < 4.78 is 2.35. The number of aromatic nitrogens is 2. The predicted molar refractivity (Wildman–Crippen MR) is 77.7 cm³/mol. The lowest BCUT2D eigenvalue weighted by atomic mass is 10.2. The Labute approximate surface area is 109 Å². The van der Waals surface area contributed by atoms with Gasteiger partial charge >= 0.3 is 0 Å². The Hall–Kier alpha value is -1.51. The third kappa shape index (κ3) is 2.66. The molecule has 0 saturated carbocycles. The van der Waals surface area contributed by atoms with Gasteiger partial charge in [-0.05, 0) is 24.6 Å². The van der Waals surface area contributed by atoms with Gasteiger partial charge in [0.1, 0.15) is 5.82 Å². The summed E-state index contributed by atoms with van der Waals surface area (Å²) in [5.74, 6) is 1.17. The summed E-state index contributed by atoms with van der Waals surface area (Å²) in [6.07, 6.45) is 6.11. The first-order valence-electron chi connectivity index (χ1n) is 7.01. The van der Waals surface area contributed by atoms with E-state index in [1.165, 1.54) is 37.0 Å². The number of nitrogen functional groups attached to an aromatic ring is 1. The second-order valence-corrected chi connectivity index (χ2v) is 4.84. The number of benzene rings is 1. The minimum atomic E-state index is 0.792. The Balaban J connectivity index is 2.23. The number of fused-ring (bicyclic) bond motifs is 1. The molecule has 0 unspecified atom stereocenters. The Bertz CT molecular complexity index is 514. The lowest BCUT2D eigenvalue weighted by molar-refractivity contribution is 0.576. The van der Waals surface area contributed by atoms with Crippen LogP contribution in [0.1, 0.15) is 45.4 Å². The van der Waals surface area contributed by atoms with Gasteiger partial charge in [0.25, 0.3) is 0 Å². The van der Waals surface area contributed by atoms with Crippen molar-refractivity contribution >= 4 is 16.7 Å². The van der Waals surface area contributed by atoms with E-state index in [0.29, 0.717) is 0 Å². The molecule has 2 N–H and O–H groups in total. The molecule has 0 radical (unpaired) electrons. The van der Waals surface area contributed by atoms with Gasteiger partial charge in [0.2, 0.25) is 0 Å². The van der Waals surface area contributed by atoms with Crippen molar-refractivity contribution in [3.8, 4) is 0 Å². The fraction of sp³-hybridized carbons (Fsp3) is 0.533. The van der Waals surface area contributed by atoms with Crippen molar-refractivity contribution in [2.45, 2.75) is 52.5 Å². The fourth-order valence-electron chi connectivity index (χ4n) is 2.41. The Morgan fingerprint density at radius 1 is 1.17 bits per heavy atom. The summed E-state index contributed by atoms with van der Waals surface area (Å²) in [4.78, 5) is 4.67. The van der Waals surface area contributed by atoms with E-state index in [9.17, 15) is 0 Å². The Morgan fingerprint density at radius 2 is 2.00 bits per heavy atom. The van der Waals surface area contributed by atoms with Crippen LogP contribution in [0.4, 0.5) is 5.69 Å². The molecular weight excluding hydrogens is 222 g/mol. The fourth-order valence-corrected chi connectivity index (χ4v) is 2.41. The van der Waals surface area contributed by atoms with Crippen LogP contribution in [0.3, 0.4) is 0 Å². The van der Waals surface area contributed by atoms with Crippen LogP contribution >= 0.6 is 0 Å². The predicted octanol–water partition coefficient (Wildman–Crippen LogP) is 3.76. The van der Waals surface area contributed by atoms with Gasteiger partial charge in [-0.1, -0.05) is 33.1 Å². The first-order valence-corrected chi connectivity index (χ1v) is 7.01. The number of nitrogens with two attached hydrogens (primary N) is 1. The van der Waals surface area contributed by atoms with Crippen molar-refractivity contribution in [1.29, 1.82) is 0 Å². The number of imidazole rings is 1. The van der Waals surface area contributed by atoms with Crippen LogP contribution in [0.15, 0.2) is 18.2 Å². The molecule has 2 aromatic rings. The van der Waals surface area contributed by atoms with Gasteiger partial charge in [0, 0.05) is 18.7 Å². The zero-order chi connectivity index (χ0) is 13.0. The van der Waals surface area contributed by atoms with Gasteiger partial charge in [-0.3, -0.25) is 0 Å². The molecule has 0 spiro atoms. The van der Waals surface area contributed by atoms with E-state index in [4.69, 9.17) is 5.73 Å². The first-order chi connectivity index (χ1) is 8.76. The highest BCUT2D eigenvalue weighted by atomic mass is 15.1. The molecule has 0 amide bonds. The highest BCUT2D eigenvalue weighted by molar-refractivity contribution is 5.79. The minimum Gasteiger partial charge on any atom is -0.399 e. The summed E-state index contributed by atoms with van der Waals surface area (Å²) in [5.41, 5.74) is 8.86. The summed E-state index contributed by atoms with van der Waals surface area (Å²) in [6, 6.07) is 6.03. The molecule has 1 heterocycles. The summed E-state index contributed by atoms with van der Waals surface area (Å²) in [5, 5.41) is 0. The topological polar surface area (TPSA) is 43.8 Å². The quantitative estimate of drug-likeness (QED) is 0.622. The van der Waals surface area contributed by atoms with E-state index in [1.807, 2.05) is 12.1 Å². The summed E-state index contributed by atoms with van der Waals surface area (Å²) >= 11 is 0. The molecule has 3 heteroatoms. The number of hydrogen-bond acceptors (Lipinski definition) is 2. The maximum absolute atomic E-state index is 5.82. The Kier molecular flexibility index (Phi) is 4.24. The lowest BCUT2D eigenvalue weighted by Crippen LogP contribution is -2.03. The summed E-state index contributed by atoms with van der Waals surface area (Å²) in [7, 11) is 0. The molecule has 0 aliphatic heterocycles. The van der Waals surface area contributed by atoms with Crippen molar-refractivity contribution in [1.82, 2.24) is 9.55 Å². The number of aryl methyl sites for hydroxylation is 2. The molecule has 0 bridgehead atoms. The number of unbranched alkanes of at least 4 members (excludes halogenated alkanes) is 3. The monoisotopic (exact) mass is 245 g/mol. The highest BCUT2D eigenvalue weighted by Crippen LogP contribution is 2.20. The molecule has 0 aliphatic rings. The van der Waals surface area contributed by atoms with E-state index in [0.717, 1.165) is 24.2 Å². The third-order valence-corrected chi connectivity index (χ3v) is 3.40. The second-order valence-electron chi connectivity index (χ2n) is 4.84. The van der Waals surface area contributed by atoms with E-state index in [-0.39, 0.29) is 0 Å². The van der Waals surface area contributed by atoms with Gasteiger partial charge in [0.05, 0.1) is 11.0 Å². The van der Waals surface area contributed by atoms with E-state index >= 15 is 0 Å². The number of nitrogens with zero attached hydrogens (tertiary/aromatic N) is 2. The molecule has 1 aromatic carbocycles. The first kappa shape index (κ1) is 12.9. The van der Waals surface area contributed by atoms with Gasteiger partial charge in [0.15, 0.2) is 0 Å². The average molecular weight is 245 g/mol. The number of hydrogen-bond donors (Lipinski definition) is 1. The van der Waals surface area contributed by atoms with Gasteiger partial charge in [-0.25, -0.2) is 4.98 Å². The second kappa shape index (κ2) is 5.89. The van der Waals surface area contributed by atoms with E-state index < -0.39 is 0 Å². The molecule has 0 atom stereocenters. The molecule has 1 aromatic heterocycles. The zero-order valence-corrected chi connectivity index (χ0v) is 11.4. The third-order valence-electron chi connectivity index (χ3n) is 3.40. The SMILES string of the molecule is CCCCCCn1c(CC)nc2cc(N)ccc21. The lowest BCUT2D eigenvalue weighted by Gasteiger charge is -2.07. The van der Waals surface area contributed by atoms with Crippen LogP contribution in [0.2, 0.25) is 0 Å². The van der Waals surface area contributed by atoms with Gasteiger partial charge in [-0.15, -0.1) is 0 Å². The van der Waals surface area contributed by atoms with Crippen LogP contribution in [0.25, 0.3) is 11.0 Å². The van der Waals surface area contributed by atoms with Crippen LogP contribution in [-0.4, -0.2) is 9.55 Å². The molecule has 98 valence electrons. The summed E-state index contributed by atoms with van der Waals surface area (Å²) in [6.45, 7) is 5.48. The van der Waals surface area contributed by atoms with Crippen molar-refractivity contribution in [2.24, 2.45) is 0 Å². The molecular formula is C15H23N3. The van der Waals surface area contributed by atoms with Crippen LogP contribution in [-0.2, 0) is 13.0 Å². The Morgan fingerprint density at radius 3 is 2.72 bits per heavy atom. The smallest absolute Gasteiger partial charge is 0.109 e. The molecule has 0 saturated heterocycles. The molecule has 3 nitrogen and oxygen atoms in total. The van der Waals surface area contributed by atoms with Crippen molar-refractivity contribution in [2.75, 3.05) is 5.73 Å². The normalized spacial score (nSPS) is 11.2. The van der Waals surface area contributed by atoms with E-state index in [1.54, 1.807) is 0 Å². The largest absolute Gasteiger partial charge is 0.399 e. The van der Waals surface area contributed by atoms with Crippen molar-refractivity contribution < 1.29 is 0 Å². The van der Waals surface area contributed by atoms with Crippen LogP contribution < -0.4 is 5.73 Å². The average Bonchev–Trinajstić information content (AvgIpc) is 2.71. The molecule has 0 fully saturated rings. The number of rotatable bonds is 6. The number of anilines is 1. The molecule has 2 rings (SSSR count).